The number of benzene rings is 3. The average molecular weight is 693 g/mol. The van der Waals surface area contributed by atoms with Crippen LogP contribution in [0.3, 0.4) is 0 Å². The lowest BCUT2D eigenvalue weighted by Gasteiger charge is -2.56. The van der Waals surface area contributed by atoms with Gasteiger partial charge in [-0.3, -0.25) is 14.4 Å². The Morgan fingerprint density at radius 2 is 1.40 bits per heavy atom. The quantitative estimate of drug-likeness (QED) is 0.290. The summed E-state index contributed by atoms with van der Waals surface area (Å²) >= 11 is 0. The van der Waals surface area contributed by atoms with Crippen molar-refractivity contribution in [3.8, 4) is 34.5 Å². The highest BCUT2D eigenvalue weighted by atomic mass is 16.7. The molecule has 1 aliphatic heterocycles. The molecule has 14 nitrogen and oxygen atoms in total. The lowest BCUT2D eigenvalue weighted by atomic mass is 9.54. The summed E-state index contributed by atoms with van der Waals surface area (Å²) in [7, 11) is 8.54. The van der Waals surface area contributed by atoms with Gasteiger partial charge in [0.05, 0.1) is 48.5 Å². The highest BCUT2D eigenvalue weighted by molar-refractivity contribution is 6.23. The van der Waals surface area contributed by atoms with Gasteiger partial charge in [-0.2, -0.15) is 0 Å². The molecule has 50 heavy (non-hydrogen) atoms. The van der Waals surface area contributed by atoms with Gasteiger partial charge in [-0.25, -0.2) is 0 Å². The largest absolute Gasteiger partial charge is 0.507 e. The van der Waals surface area contributed by atoms with E-state index in [1.54, 1.807) is 6.07 Å². The highest BCUT2D eigenvalue weighted by Gasteiger charge is 2.69. The third-order valence-corrected chi connectivity index (χ3v) is 10.1. The third-order valence-electron chi connectivity index (χ3n) is 10.1. The highest BCUT2D eigenvalue weighted by Crippen LogP contribution is 2.64. The summed E-state index contributed by atoms with van der Waals surface area (Å²) in [6.45, 7) is -0.439. The van der Waals surface area contributed by atoms with Crippen molar-refractivity contribution in [2.45, 2.75) is 36.6 Å². The van der Waals surface area contributed by atoms with E-state index in [4.69, 9.17) is 42.6 Å². The van der Waals surface area contributed by atoms with Crippen molar-refractivity contribution in [2.75, 3.05) is 56.2 Å². The lowest BCUT2D eigenvalue weighted by Crippen LogP contribution is -2.67. The molecule has 14 heteroatoms. The Balaban J connectivity index is 1.63. The van der Waals surface area contributed by atoms with Crippen LogP contribution in [0.4, 0.5) is 0 Å². The molecule has 7 rings (SSSR count). The zero-order chi connectivity index (χ0) is 35.6. The van der Waals surface area contributed by atoms with Gasteiger partial charge < -0.3 is 52.8 Å². The van der Waals surface area contributed by atoms with E-state index >= 15 is 4.79 Å². The van der Waals surface area contributed by atoms with Gasteiger partial charge in [-0.1, -0.05) is 0 Å². The van der Waals surface area contributed by atoms with Crippen LogP contribution >= 0.6 is 0 Å². The summed E-state index contributed by atoms with van der Waals surface area (Å²) in [6.07, 6.45) is -2.19. The molecule has 3 aromatic rings. The number of aromatic hydroxyl groups is 1. The molecule has 0 saturated heterocycles. The number of carbonyl (C=O) groups excluding carboxylic acids is 3. The van der Waals surface area contributed by atoms with E-state index in [2.05, 4.69) is 0 Å². The standard InChI is InChI=1S/C36H36O14/c1-42-13-48-22-9-15(44-3)7-17-25(22)32(39)27-19(37)11-21(46-5)28-29(27)34(17)50-36-30(20(38)12-24(47-6)31(28)36)33(40)26-18(35(36)41)8-16(45-4)10-23(26)49-14-43-2/h7-10,21,24,28,31,39-40H,11-14H2,1-6H3/t21-,24-,28+,31-,36-/m1/s1. The molecule has 2 N–H and O–H groups in total. The van der Waals surface area contributed by atoms with E-state index in [9.17, 15) is 19.8 Å². The number of ether oxygens (including phenoxy) is 9. The summed E-state index contributed by atoms with van der Waals surface area (Å²) in [5.41, 5.74) is -2.32. The molecule has 0 bridgehead atoms. The molecule has 0 aromatic heterocycles. The minimum absolute atomic E-state index is 0.00993. The number of phenolic OH excluding ortho intramolecular Hbond substituents is 1. The number of hydrogen-bond acceptors (Lipinski definition) is 14. The molecule has 0 unspecified atom stereocenters. The van der Waals surface area contributed by atoms with Gasteiger partial charge >= 0.3 is 0 Å². The summed E-state index contributed by atoms with van der Waals surface area (Å²) in [5.74, 6) is -3.78. The SMILES string of the molecule is COCOc1cc(OC)cc2c1C(O)=C1C(=O)C[C@@H](OC)[C@@H]3[C@@H]4c5c(c(O)c6c(OCOC)cc(OC)cc6c5O[C@]13C2=O)C(=O)C[C@H]4OC. The fourth-order valence-electron chi connectivity index (χ4n) is 8.18. The smallest absolute Gasteiger partial charge is 0.212 e. The van der Waals surface area contributed by atoms with E-state index in [0.29, 0.717) is 5.75 Å². The number of rotatable bonds is 10. The van der Waals surface area contributed by atoms with Gasteiger partial charge in [0.25, 0.3) is 0 Å². The van der Waals surface area contributed by atoms with E-state index < -0.39 is 52.8 Å². The van der Waals surface area contributed by atoms with Gasteiger partial charge in [0, 0.05) is 81.8 Å². The van der Waals surface area contributed by atoms with Crippen LogP contribution in [0, 0.1) is 5.92 Å². The normalized spacial score (nSPS) is 25.0. The van der Waals surface area contributed by atoms with Crippen LogP contribution in [-0.4, -0.2) is 102 Å². The first-order valence-corrected chi connectivity index (χ1v) is 15.8. The van der Waals surface area contributed by atoms with Crippen LogP contribution in [0.2, 0.25) is 0 Å². The van der Waals surface area contributed by atoms with Crippen molar-refractivity contribution in [2.24, 2.45) is 5.92 Å². The Hall–Kier alpha value is -4.89. The Kier molecular flexibility index (Phi) is 8.37. The first-order chi connectivity index (χ1) is 24.1. The molecule has 1 heterocycles. The first kappa shape index (κ1) is 33.6. The average Bonchev–Trinajstić information content (AvgIpc) is 3.12. The summed E-state index contributed by atoms with van der Waals surface area (Å²) in [4.78, 5) is 43.5. The molecule has 3 aromatic carbocycles. The number of hydrogen-bond donors (Lipinski definition) is 2. The number of aliphatic hydroxyl groups excluding tert-OH is 1. The van der Waals surface area contributed by atoms with Crippen LogP contribution in [-0.2, 0) is 23.7 Å². The van der Waals surface area contributed by atoms with Crippen molar-refractivity contribution >= 4 is 33.9 Å². The van der Waals surface area contributed by atoms with Crippen molar-refractivity contribution in [1.82, 2.24) is 0 Å². The van der Waals surface area contributed by atoms with Crippen LogP contribution in [0.1, 0.15) is 50.6 Å². The van der Waals surface area contributed by atoms with Gasteiger partial charge in [0.2, 0.25) is 11.4 Å². The molecule has 264 valence electrons. The number of Topliss-reactive ketones (excluding diaryl/α,β-unsaturated/α-hetero) is 3. The van der Waals surface area contributed by atoms with Gasteiger partial charge in [-0.05, 0) is 12.1 Å². The number of methoxy groups -OCH3 is 6. The zero-order valence-electron chi connectivity index (χ0n) is 28.2. The Bertz CT molecular complexity index is 1980. The van der Waals surface area contributed by atoms with Crippen LogP contribution in [0.5, 0.6) is 34.5 Å². The second-order valence-corrected chi connectivity index (χ2v) is 12.4. The molecule has 5 atom stereocenters. The van der Waals surface area contributed by atoms with Crippen molar-refractivity contribution in [3.63, 3.8) is 0 Å². The Labute approximate surface area is 286 Å². The van der Waals surface area contributed by atoms with E-state index in [1.807, 2.05) is 0 Å². The van der Waals surface area contributed by atoms with Gasteiger partial charge in [0.15, 0.2) is 25.2 Å². The predicted molar refractivity (Wildman–Crippen MR) is 174 cm³/mol. The number of fused-ring (bicyclic) bond motifs is 4. The molecule has 1 saturated carbocycles. The summed E-state index contributed by atoms with van der Waals surface area (Å²) < 4.78 is 51.7. The number of ketones is 3. The number of carbonyl (C=O) groups is 3. The number of aliphatic hydroxyl groups is 1. The second kappa shape index (κ2) is 12.5. The Morgan fingerprint density at radius 3 is 2.04 bits per heavy atom. The molecular formula is C36H36O14. The van der Waals surface area contributed by atoms with Crippen LogP contribution < -0.4 is 23.7 Å². The topological polar surface area (TPSA) is 175 Å². The van der Waals surface area contributed by atoms with E-state index in [1.165, 1.54) is 60.9 Å². The second-order valence-electron chi connectivity index (χ2n) is 12.4. The fourth-order valence-corrected chi connectivity index (χ4v) is 8.18. The molecular weight excluding hydrogens is 656 g/mol. The molecule has 1 fully saturated rings. The van der Waals surface area contributed by atoms with E-state index in [-0.39, 0.29) is 93.8 Å². The summed E-state index contributed by atoms with van der Waals surface area (Å²) in [6, 6.07) is 6.00. The minimum atomic E-state index is -2.20. The third kappa shape index (κ3) is 4.52. The van der Waals surface area contributed by atoms with Gasteiger partial charge in [-0.15, -0.1) is 0 Å². The minimum Gasteiger partial charge on any atom is -0.507 e. The van der Waals surface area contributed by atoms with E-state index in [0.717, 1.165) is 0 Å². The van der Waals surface area contributed by atoms with Crippen molar-refractivity contribution in [3.05, 3.63) is 52.1 Å². The fraction of sp³-hybridized carbons (Fsp3) is 0.417. The molecule has 0 amide bonds. The maximum absolute atomic E-state index is 15.4. The molecule has 1 spiro atoms. The summed E-state index contributed by atoms with van der Waals surface area (Å²) in [5, 5.41) is 24.3. The number of phenols is 1. The van der Waals surface area contributed by atoms with Crippen LogP contribution in [0.25, 0.3) is 16.5 Å². The maximum atomic E-state index is 15.4. The maximum Gasteiger partial charge on any atom is 0.212 e. The van der Waals surface area contributed by atoms with Gasteiger partial charge in [0.1, 0.15) is 40.3 Å². The first-order valence-electron chi connectivity index (χ1n) is 15.8. The monoisotopic (exact) mass is 692 g/mol. The lowest BCUT2D eigenvalue weighted by molar-refractivity contribution is -0.136. The molecule has 0 radical (unpaired) electrons. The zero-order valence-corrected chi connectivity index (χ0v) is 28.2. The van der Waals surface area contributed by atoms with Crippen molar-refractivity contribution < 1.29 is 67.2 Å². The van der Waals surface area contributed by atoms with Crippen LogP contribution in [0.15, 0.2) is 29.8 Å². The van der Waals surface area contributed by atoms with Crippen molar-refractivity contribution in [1.29, 1.82) is 0 Å². The molecule has 4 aliphatic rings. The predicted octanol–water partition coefficient (Wildman–Crippen LogP) is 4.11. The molecule has 3 aliphatic carbocycles. The Morgan fingerprint density at radius 1 is 0.780 bits per heavy atom.